The van der Waals surface area contributed by atoms with Gasteiger partial charge in [0.25, 0.3) is 0 Å². The van der Waals surface area contributed by atoms with Gasteiger partial charge in [0.1, 0.15) is 5.76 Å². The van der Waals surface area contributed by atoms with Crippen LogP contribution in [-0.4, -0.2) is 12.6 Å². The van der Waals surface area contributed by atoms with Crippen molar-refractivity contribution < 1.29 is 22.1 Å². The van der Waals surface area contributed by atoms with Crippen LogP contribution < -0.4 is 5.73 Å². The first-order valence-electron chi connectivity index (χ1n) is 4.59. The van der Waals surface area contributed by atoms with Crippen LogP contribution in [0.2, 0.25) is 0 Å². The minimum Gasteiger partial charge on any atom is -0.493 e. The Hall–Kier alpha value is -0.708. The van der Waals surface area contributed by atoms with E-state index in [1.54, 1.807) is 0 Å². The maximum absolute atomic E-state index is 6.01. The van der Waals surface area contributed by atoms with E-state index in [1.165, 1.54) is 0 Å². The van der Waals surface area contributed by atoms with Gasteiger partial charge >= 0.3 is 0 Å². The van der Waals surface area contributed by atoms with E-state index < -0.39 is 0 Å². The van der Waals surface area contributed by atoms with Crippen molar-refractivity contribution in [2.24, 2.45) is 5.73 Å². The average Bonchev–Trinajstić information content (AvgIpc) is 2.43. The summed E-state index contributed by atoms with van der Waals surface area (Å²) in [6, 6.07) is 0.110. The third-order valence-electron chi connectivity index (χ3n) is 2.28. The van der Waals surface area contributed by atoms with Crippen molar-refractivity contribution in [1.29, 1.82) is 0 Å². The van der Waals surface area contributed by atoms with E-state index in [-0.39, 0.29) is 23.4 Å². The molecule has 0 saturated heterocycles. The van der Waals surface area contributed by atoms with E-state index in [0.717, 1.165) is 30.8 Å². The van der Waals surface area contributed by atoms with Gasteiger partial charge in [-0.1, -0.05) is 12.2 Å². The molecule has 1 atom stereocenters. The van der Waals surface area contributed by atoms with Gasteiger partial charge in [-0.25, -0.2) is 0 Å². The van der Waals surface area contributed by atoms with Gasteiger partial charge in [-0.2, -0.15) is 0 Å². The fourth-order valence-corrected chi connectivity index (χ4v) is 1.57. The molecule has 0 spiro atoms. The van der Waals surface area contributed by atoms with Crippen molar-refractivity contribution >= 4 is 0 Å². The molecular formula is C11H13CrNO. The van der Waals surface area contributed by atoms with E-state index in [1.807, 2.05) is 24.3 Å². The SMILES string of the molecule is NC1CCCOC2=C1C=CC=C=C2.[Cr]. The van der Waals surface area contributed by atoms with Crippen LogP contribution in [0.15, 0.2) is 41.4 Å². The minimum atomic E-state index is 0. The Bertz CT molecular complexity index is 324. The molecule has 1 aliphatic heterocycles. The third-order valence-corrected chi connectivity index (χ3v) is 2.28. The normalized spacial score (nSPS) is 24.5. The Morgan fingerprint density at radius 3 is 3.21 bits per heavy atom. The maximum atomic E-state index is 6.01. The fourth-order valence-electron chi connectivity index (χ4n) is 1.57. The third kappa shape index (κ3) is 2.41. The topological polar surface area (TPSA) is 35.2 Å². The molecule has 0 fully saturated rings. The fraction of sp³-hybridized carbons (Fsp3) is 0.364. The Morgan fingerprint density at radius 1 is 1.50 bits per heavy atom. The van der Waals surface area contributed by atoms with Gasteiger partial charge in [-0.3, -0.25) is 0 Å². The molecule has 3 heteroatoms. The van der Waals surface area contributed by atoms with Gasteiger partial charge < -0.3 is 10.5 Å². The zero-order chi connectivity index (χ0) is 9.10. The van der Waals surface area contributed by atoms with Crippen molar-refractivity contribution in [3.63, 3.8) is 0 Å². The summed E-state index contributed by atoms with van der Waals surface area (Å²) >= 11 is 0. The Kier molecular flexibility index (Phi) is 4.26. The van der Waals surface area contributed by atoms with Crippen LogP contribution in [0.5, 0.6) is 0 Å². The molecular weight excluding hydrogens is 214 g/mol. The summed E-state index contributed by atoms with van der Waals surface area (Å²) in [5.41, 5.74) is 10.1. The molecule has 1 unspecified atom stereocenters. The van der Waals surface area contributed by atoms with Crippen LogP contribution in [0.25, 0.3) is 0 Å². The molecule has 74 valence electrons. The predicted octanol–water partition coefficient (Wildman–Crippen LogP) is 1.66. The van der Waals surface area contributed by atoms with E-state index in [2.05, 4.69) is 5.73 Å². The summed E-state index contributed by atoms with van der Waals surface area (Å²) in [4.78, 5) is 0. The number of hydrogen-bond donors (Lipinski definition) is 1. The first kappa shape index (κ1) is 11.4. The summed E-state index contributed by atoms with van der Waals surface area (Å²) in [5, 5.41) is 0. The molecule has 1 heterocycles. The molecule has 2 rings (SSSR count). The van der Waals surface area contributed by atoms with Crippen molar-refractivity contribution in [3.8, 4) is 0 Å². The largest absolute Gasteiger partial charge is 0.493 e. The Balaban J connectivity index is 0.000000980. The monoisotopic (exact) mass is 227 g/mol. The van der Waals surface area contributed by atoms with Gasteiger partial charge in [-0.05, 0) is 18.9 Å². The second-order valence-electron chi connectivity index (χ2n) is 3.25. The van der Waals surface area contributed by atoms with E-state index in [0.29, 0.717) is 0 Å². The molecule has 2 N–H and O–H groups in total. The summed E-state index contributed by atoms with van der Waals surface area (Å²) in [5.74, 6) is 0.884. The molecule has 1 aliphatic carbocycles. The van der Waals surface area contributed by atoms with Gasteiger partial charge in [0, 0.05) is 35.1 Å². The first-order chi connectivity index (χ1) is 6.38. The van der Waals surface area contributed by atoms with Crippen molar-refractivity contribution in [2.75, 3.05) is 6.61 Å². The minimum absolute atomic E-state index is 0. The van der Waals surface area contributed by atoms with Crippen molar-refractivity contribution in [3.05, 3.63) is 41.4 Å². The molecule has 0 radical (unpaired) electrons. The van der Waals surface area contributed by atoms with E-state index >= 15 is 0 Å². The van der Waals surface area contributed by atoms with Crippen LogP contribution >= 0.6 is 0 Å². The second-order valence-corrected chi connectivity index (χ2v) is 3.25. The van der Waals surface area contributed by atoms with Gasteiger partial charge in [-0.15, -0.1) is 5.73 Å². The summed E-state index contributed by atoms with van der Waals surface area (Å²) in [6.45, 7) is 0.762. The van der Waals surface area contributed by atoms with E-state index in [9.17, 15) is 0 Å². The van der Waals surface area contributed by atoms with Crippen molar-refractivity contribution in [2.45, 2.75) is 18.9 Å². The summed E-state index contributed by atoms with van der Waals surface area (Å²) in [7, 11) is 0. The Labute approximate surface area is 94.9 Å². The van der Waals surface area contributed by atoms with Crippen LogP contribution in [0.4, 0.5) is 0 Å². The first-order valence-corrected chi connectivity index (χ1v) is 4.59. The smallest absolute Gasteiger partial charge is 0.131 e. The van der Waals surface area contributed by atoms with Gasteiger partial charge in [0.05, 0.1) is 6.61 Å². The van der Waals surface area contributed by atoms with Crippen LogP contribution in [0.3, 0.4) is 0 Å². The summed E-state index contributed by atoms with van der Waals surface area (Å²) in [6.07, 6.45) is 9.72. The molecule has 0 bridgehead atoms. The molecule has 14 heavy (non-hydrogen) atoms. The second kappa shape index (κ2) is 5.24. The molecule has 0 amide bonds. The number of ether oxygens (including phenoxy) is 1. The molecule has 2 nitrogen and oxygen atoms in total. The zero-order valence-corrected chi connectivity index (χ0v) is 9.18. The van der Waals surface area contributed by atoms with Crippen LogP contribution in [-0.2, 0) is 22.1 Å². The standard InChI is InChI=1S/C11H13NO.Cr/c12-10-6-4-8-13-11-7-3-1-2-5-9(10)11;/h1-2,5,7,10H,4,6,8,12H2;. The predicted molar refractivity (Wildman–Crippen MR) is 52.0 cm³/mol. The Morgan fingerprint density at radius 2 is 2.36 bits per heavy atom. The number of rotatable bonds is 0. The zero-order valence-electron chi connectivity index (χ0n) is 7.90. The number of nitrogens with two attached hydrogens (primary N) is 1. The quantitative estimate of drug-likeness (QED) is 0.639. The van der Waals surface area contributed by atoms with Gasteiger partial charge in [0.15, 0.2) is 0 Å². The number of allylic oxidation sites excluding steroid dienone is 2. The number of hydrogen-bond acceptors (Lipinski definition) is 2. The van der Waals surface area contributed by atoms with Crippen molar-refractivity contribution in [1.82, 2.24) is 0 Å². The van der Waals surface area contributed by atoms with Gasteiger partial charge in [0.2, 0.25) is 0 Å². The average molecular weight is 227 g/mol. The van der Waals surface area contributed by atoms with Crippen LogP contribution in [0.1, 0.15) is 12.8 Å². The molecule has 2 aliphatic rings. The molecule has 0 aromatic carbocycles. The molecule has 0 saturated carbocycles. The van der Waals surface area contributed by atoms with Crippen LogP contribution in [0, 0.1) is 0 Å². The molecule has 0 aromatic rings. The maximum Gasteiger partial charge on any atom is 0.131 e. The summed E-state index contributed by atoms with van der Waals surface area (Å²) < 4.78 is 5.57. The van der Waals surface area contributed by atoms with E-state index in [4.69, 9.17) is 10.5 Å². The molecule has 0 aromatic heterocycles.